The zero-order chi connectivity index (χ0) is 17.3. The number of nitrogens with zero attached hydrogens (tertiary/aromatic N) is 1. The summed E-state index contributed by atoms with van der Waals surface area (Å²) in [5.74, 6) is -2.06. The third-order valence-corrected chi connectivity index (χ3v) is 3.45. The molecule has 120 valence electrons. The van der Waals surface area contributed by atoms with Gasteiger partial charge in [-0.15, -0.1) is 0 Å². The van der Waals surface area contributed by atoms with Gasteiger partial charge in [0.05, 0.1) is 11.1 Å². The molecular weight excluding hydrogens is 310 g/mol. The summed E-state index contributed by atoms with van der Waals surface area (Å²) in [5.41, 5.74) is 3.44. The molecule has 1 aliphatic heterocycles. The molecule has 0 atom stereocenters. The van der Waals surface area contributed by atoms with Gasteiger partial charge in [0.15, 0.2) is 0 Å². The van der Waals surface area contributed by atoms with Crippen LogP contribution in [0.15, 0.2) is 48.5 Å². The SMILES string of the molecule is CC(=O)Nc1cccc(C(=O)NN2C(=O)c3ccccc3C2=O)c1. The molecule has 0 bridgehead atoms. The maximum atomic E-state index is 12.3. The standard InChI is InChI=1S/C17H13N3O4/c1-10(21)18-12-6-4-5-11(9-12)15(22)19-20-16(23)13-7-2-3-8-14(13)17(20)24/h2-9H,1H3,(H,18,21)(H,19,22). The van der Waals surface area contributed by atoms with Gasteiger partial charge in [-0.25, -0.2) is 0 Å². The zero-order valence-corrected chi connectivity index (χ0v) is 12.7. The number of amides is 4. The molecule has 7 heteroatoms. The molecule has 2 aromatic carbocycles. The molecule has 0 spiro atoms. The van der Waals surface area contributed by atoms with Crippen LogP contribution in [-0.4, -0.2) is 28.6 Å². The molecule has 4 amide bonds. The Morgan fingerprint density at radius 1 is 0.917 bits per heavy atom. The summed E-state index contributed by atoms with van der Waals surface area (Å²) in [6.07, 6.45) is 0. The molecule has 2 N–H and O–H groups in total. The summed E-state index contributed by atoms with van der Waals surface area (Å²) in [5, 5.41) is 3.25. The van der Waals surface area contributed by atoms with E-state index in [2.05, 4.69) is 10.7 Å². The van der Waals surface area contributed by atoms with E-state index in [0.717, 1.165) is 0 Å². The Hall–Kier alpha value is -3.48. The van der Waals surface area contributed by atoms with Gasteiger partial charge in [0, 0.05) is 18.2 Å². The topological polar surface area (TPSA) is 95.6 Å². The lowest BCUT2D eigenvalue weighted by Gasteiger charge is -2.15. The Morgan fingerprint density at radius 3 is 2.12 bits per heavy atom. The van der Waals surface area contributed by atoms with Crippen molar-refractivity contribution in [2.45, 2.75) is 6.92 Å². The van der Waals surface area contributed by atoms with Crippen LogP contribution >= 0.6 is 0 Å². The number of imide groups is 1. The number of hydrazine groups is 1. The van der Waals surface area contributed by atoms with E-state index in [1.165, 1.54) is 31.2 Å². The molecule has 3 rings (SSSR count). The lowest BCUT2D eigenvalue weighted by Crippen LogP contribution is -2.45. The summed E-state index contributed by atoms with van der Waals surface area (Å²) in [7, 11) is 0. The maximum absolute atomic E-state index is 12.3. The van der Waals surface area contributed by atoms with Gasteiger partial charge in [0.2, 0.25) is 5.91 Å². The largest absolute Gasteiger partial charge is 0.326 e. The van der Waals surface area contributed by atoms with Gasteiger partial charge in [-0.1, -0.05) is 18.2 Å². The monoisotopic (exact) mass is 323 g/mol. The summed E-state index contributed by atoms with van der Waals surface area (Å²) in [4.78, 5) is 47.8. The van der Waals surface area contributed by atoms with E-state index in [-0.39, 0.29) is 22.6 Å². The molecule has 7 nitrogen and oxygen atoms in total. The van der Waals surface area contributed by atoms with E-state index in [0.29, 0.717) is 10.7 Å². The Morgan fingerprint density at radius 2 is 1.54 bits per heavy atom. The predicted octanol–water partition coefficient (Wildman–Crippen LogP) is 1.59. The number of nitrogens with one attached hydrogen (secondary N) is 2. The Kier molecular flexibility index (Phi) is 3.83. The molecule has 0 aliphatic carbocycles. The second kappa shape index (κ2) is 5.96. The number of hydrogen-bond donors (Lipinski definition) is 2. The fourth-order valence-corrected chi connectivity index (χ4v) is 2.40. The highest BCUT2D eigenvalue weighted by molar-refractivity contribution is 6.22. The van der Waals surface area contributed by atoms with E-state index in [9.17, 15) is 19.2 Å². The van der Waals surface area contributed by atoms with Crippen LogP contribution in [0.4, 0.5) is 5.69 Å². The number of rotatable bonds is 3. The first-order valence-electron chi connectivity index (χ1n) is 7.14. The number of hydrogen-bond acceptors (Lipinski definition) is 4. The lowest BCUT2D eigenvalue weighted by molar-refractivity contribution is -0.114. The molecule has 24 heavy (non-hydrogen) atoms. The van der Waals surface area contributed by atoms with Crippen LogP contribution < -0.4 is 10.7 Å². The van der Waals surface area contributed by atoms with Crippen LogP contribution in [0.25, 0.3) is 0 Å². The lowest BCUT2D eigenvalue weighted by atomic mass is 10.1. The smallest absolute Gasteiger partial charge is 0.280 e. The Balaban J connectivity index is 1.80. The van der Waals surface area contributed by atoms with Crippen molar-refractivity contribution in [3.05, 3.63) is 65.2 Å². The average molecular weight is 323 g/mol. The molecule has 0 aromatic heterocycles. The second-order valence-electron chi connectivity index (χ2n) is 5.19. The van der Waals surface area contributed by atoms with Crippen LogP contribution in [-0.2, 0) is 4.79 Å². The average Bonchev–Trinajstić information content (AvgIpc) is 2.80. The molecule has 0 unspecified atom stereocenters. The van der Waals surface area contributed by atoms with Gasteiger partial charge in [-0.2, -0.15) is 5.01 Å². The molecule has 0 fully saturated rings. The third-order valence-electron chi connectivity index (χ3n) is 3.45. The van der Waals surface area contributed by atoms with Crippen molar-refractivity contribution in [3.63, 3.8) is 0 Å². The van der Waals surface area contributed by atoms with Crippen molar-refractivity contribution in [2.24, 2.45) is 0 Å². The fraction of sp³-hybridized carbons (Fsp3) is 0.0588. The van der Waals surface area contributed by atoms with Crippen molar-refractivity contribution in [2.75, 3.05) is 5.32 Å². The number of benzene rings is 2. The number of carbonyl (C=O) groups is 4. The van der Waals surface area contributed by atoms with E-state index in [1.54, 1.807) is 24.3 Å². The number of anilines is 1. The highest BCUT2D eigenvalue weighted by Gasteiger charge is 2.36. The summed E-state index contributed by atoms with van der Waals surface area (Å²) < 4.78 is 0. The minimum Gasteiger partial charge on any atom is -0.326 e. The van der Waals surface area contributed by atoms with Crippen LogP contribution in [0.1, 0.15) is 38.0 Å². The molecule has 0 saturated heterocycles. The van der Waals surface area contributed by atoms with Gasteiger partial charge in [-0.3, -0.25) is 24.6 Å². The molecule has 1 heterocycles. The minimum absolute atomic E-state index is 0.206. The van der Waals surface area contributed by atoms with E-state index in [1.807, 2.05) is 0 Å². The summed E-state index contributed by atoms with van der Waals surface area (Å²) in [6, 6.07) is 12.5. The molecule has 2 aromatic rings. The van der Waals surface area contributed by atoms with Crippen molar-refractivity contribution < 1.29 is 19.2 Å². The van der Waals surface area contributed by atoms with Gasteiger partial charge < -0.3 is 5.32 Å². The van der Waals surface area contributed by atoms with Gasteiger partial charge in [0.1, 0.15) is 0 Å². The van der Waals surface area contributed by atoms with Crippen molar-refractivity contribution in [1.82, 2.24) is 10.4 Å². The summed E-state index contributed by atoms with van der Waals surface area (Å²) >= 11 is 0. The first kappa shape index (κ1) is 15.4. The molecule has 0 radical (unpaired) electrons. The minimum atomic E-state index is -0.628. The second-order valence-corrected chi connectivity index (χ2v) is 5.19. The van der Waals surface area contributed by atoms with E-state index < -0.39 is 17.7 Å². The van der Waals surface area contributed by atoms with Crippen molar-refractivity contribution in [1.29, 1.82) is 0 Å². The molecular formula is C17H13N3O4. The number of carbonyl (C=O) groups excluding carboxylic acids is 4. The van der Waals surface area contributed by atoms with E-state index >= 15 is 0 Å². The van der Waals surface area contributed by atoms with Gasteiger partial charge >= 0.3 is 0 Å². The molecule has 0 saturated carbocycles. The third kappa shape index (κ3) is 2.74. The quantitative estimate of drug-likeness (QED) is 0.838. The van der Waals surface area contributed by atoms with Gasteiger partial charge in [0.25, 0.3) is 17.7 Å². The fourth-order valence-electron chi connectivity index (χ4n) is 2.40. The Labute approximate surface area is 137 Å². The van der Waals surface area contributed by atoms with Gasteiger partial charge in [-0.05, 0) is 30.3 Å². The highest BCUT2D eigenvalue weighted by atomic mass is 16.2. The van der Waals surface area contributed by atoms with Crippen LogP contribution in [0, 0.1) is 0 Å². The number of fused-ring (bicyclic) bond motifs is 1. The zero-order valence-electron chi connectivity index (χ0n) is 12.7. The van der Waals surface area contributed by atoms with Crippen LogP contribution in [0.5, 0.6) is 0 Å². The maximum Gasteiger partial charge on any atom is 0.280 e. The normalized spacial score (nSPS) is 12.8. The highest BCUT2D eigenvalue weighted by Crippen LogP contribution is 2.21. The van der Waals surface area contributed by atoms with Crippen molar-refractivity contribution in [3.8, 4) is 0 Å². The van der Waals surface area contributed by atoms with Crippen LogP contribution in [0.3, 0.4) is 0 Å². The van der Waals surface area contributed by atoms with E-state index in [4.69, 9.17) is 0 Å². The summed E-state index contributed by atoms with van der Waals surface area (Å²) in [6.45, 7) is 1.35. The Bertz CT molecular complexity index is 841. The first-order chi connectivity index (χ1) is 11.5. The predicted molar refractivity (Wildman–Crippen MR) is 85.2 cm³/mol. The molecule has 1 aliphatic rings. The van der Waals surface area contributed by atoms with Crippen LogP contribution in [0.2, 0.25) is 0 Å². The first-order valence-corrected chi connectivity index (χ1v) is 7.14. The van der Waals surface area contributed by atoms with Crippen molar-refractivity contribution >= 4 is 29.3 Å².